The number of nitrogens with zero attached hydrogens (tertiary/aromatic N) is 1. The molecule has 14 heavy (non-hydrogen) atoms. The van der Waals surface area contributed by atoms with Gasteiger partial charge in [0.1, 0.15) is 5.75 Å². The van der Waals surface area contributed by atoms with Crippen molar-refractivity contribution in [2.45, 2.75) is 12.8 Å². The van der Waals surface area contributed by atoms with E-state index in [1.54, 1.807) is 18.2 Å². The largest absolute Gasteiger partial charge is 0.508 e. The number of carbonyl (C=O) groups excluding carboxylic acids is 1. The summed E-state index contributed by atoms with van der Waals surface area (Å²) >= 11 is 0. The van der Waals surface area contributed by atoms with E-state index in [0.717, 1.165) is 18.7 Å². The third-order valence-corrected chi connectivity index (χ3v) is 2.45. The van der Waals surface area contributed by atoms with Crippen LogP contribution in [-0.4, -0.2) is 24.0 Å². The summed E-state index contributed by atoms with van der Waals surface area (Å²) < 4.78 is 0. The van der Waals surface area contributed by atoms with Crippen molar-refractivity contribution in [1.29, 1.82) is 0 Å². The van der Waals surface area contributed by atoms with Gasteiger partial charge in [0, 0.05) is 24.7 Å². The smallest absolute Gasteiger partial charge is 0.152 e. The van der Waals surface area contributed by atoms with E-state index in [2.05, 4.69) is 0 Å². The topological polar surface area (TPSA) is 40.5 Å². The van der Waals surface area contributed by atoms with Crippen LogP contribution in [0.5, 0.6) is 5.75 Å². The van der Waals surface area contributed by atoms with Gasteiger partial charge < -0.3 is 10.0 Å². The Morgan fingerprint density at radius 3 is 2.93 bits per heavy atom. The Bertz CT molecular complexity index is 349. The van der Waals surface area contributed by atoms with Gasteiger partial charge >= 0.3 is 0 Å². The molecule has 1 aliphatic heterocycles. The van der Waals surface area contributed by atoms with Crippen LogP contribution in [0.4, 0.5) is 5.69 Å². The zero-order valence-electron chi connectivity index (χ0n) is 7.94. The van der Waals surface area contributed by atoms with Gasteiger partial charge in [-0.3, -0.25) is 4.79 Å². The van der Waals surface area contributed by atoms with Gasteiger partial charge in [0.25, 0.3) is 0 Å². The first kappa shape index (κ1) is 9.06. The van der Waals surface area contributed by atoms with E-state index in [9.17, 15) is 9.90 Å². The molecule has 1 heterocycles. The van der Waals surface area contributed by atoms with E-state index < -0.39 is 0 Å². The highest BCUT2D eigenvalue weighted by Gasteiger charge is 2.16. The van der Waals surface area contributed by atoms with Crippen LogP contribution in [0.2, 0.25) is 0 Å². The molecule has 1 aromatic carbocycles. The number of anilines is 1. The highest BCUT2D eigenvalue weighted by atomic mass is 16.3. The fourth-order valence-corrected chi connectivity index (χ4v) is 1.75. The van der Waals surface area contributed by atoms with Crippen LogP contribution in [0.25, 0.3) is 0 Å². The molecule has 1 aromatic rings. The number of aromatic hydroxyl groups is 1. The Hall–Kier alpha value is -1.51. The molecule has 0 aromatic heterocycles. The number of hydrogen-bond donors (Lipinski definition) is 1. The molecule has 1 aliphatic rings. The lowest BCUT2D eigenvalue weighted by molar-refractivity contribution is -0.118. The number of Topliss-reactive ketones (excluding diaryl/α,β-unsaturated/α-hetero) is 1. The van der Waals surface area contributed by atoms with Gasteiger partial charge in [-0.25, -0.2) is 0 Å². The van der Waals surface area contributed by atoms with Crippen LogP contribution in [-0.2, 0) is 4.79 Å². The molecular formula is C11H13NO2. The molecular weight excluding hydrogens is 178 g/mol. The summed E-state index contributed by atoms with van der Waals surface area (Å²) in [6.07, 6.45) is 1.60. The molecule has 0 saturated carbocycles. The van der Waals surface area contributed by atoms with E-state index >= 15 is 0 Å². The second kappa shape index (κ2) is 3.70. The van der Waals surface area contributed by atoms with Crippen molar-refractivity contribution < 1.29 is 9.90 Å². The first-order chi connectivity index (χ1) is 6.75. The SMILES string of the molecule is O=C1CCCN(c2cccc(O)c2)C1. The molecule has 74 valence electrons. The summed E-state index contributed by atoms with van der Waals surface area (Å²) in [6, 6.07) is 7.04. The number of phenolic OH excluding ortho intramolecular Hbond substituents is 1. The minimum absolute atomic E-state index is 0.250. The van der Waals surface area contributed by atoms with Gasteiger partial charge in [0.2, 0.25) is 0 Å². The van der Waals surface area contributed by atoms with Crippen molar-refractivity contribution in [2.24, 2.45) is 0 Å². The standard InChI is InChI=1S/C11H13NO2/c13-10-4-1-3-9(7-10)12-6-2-5-11(14)8-12/h1,3-4,7,13H,2,5-6,8H2. The van der Waals surface area contributed by atoms with E-state index in [-0.39, 0.29) is 11.5 Å². The number of carbonyl (C=O) groups is 1. The van der Waals surface area contributed by atoms with Crippen LogP contribution in [0, 0.1) is 0 Å². The van der Waals surface area contributed by atoms with Crippen molar-refractivity contribution in [2.75, 3.05) is 18.0 Å². The molecule has 0 aliphatic carbocycles. The first-order valence-electron chi connectivity index (χ1n) is 4.81. The highest BCUT2D eigenvalue weighted by Crippen LogP contribution is 2.22. The van der Waals surface area contributed by atoms with Crippen LogP contribution >= 0.6 is 0 Å². The van der Waals surface area contributed by atoms with Crippen LogP contribution in [0.1, 0.15) is 12.8 Å². The normalized spacial score (nSPS) is 17.1. The highest BCUT2D eigenvalue weighted by molar-refractivity contribution is 5.84. The van der Waals surface area contributed by atoms with Crippen molar-refractivity contribution in [1.82, 2.24) is 0 Å². The lowest BCUT2D eigenvalue weighted by Crippen LogP contribution is -2.35. The third-order valence-electron chi connectivity index (χ3n) is 2.45. The van der Waals surface area contributed by atoms with E-state index in [1.807, 2.05) is 11.0 Å². The molecule has 0 amide bonds. The molecule has 3 heteroatoms. The number of piperidine rings is 1. The van der Waals surface area contributed by atoms with Crippen LogP contribution in [0.15, 0.2) is 24.3 Å². The van der Waals surface area contributed by atoms with Crippen molar-refractivity contribution >= 4 is 11.5 Å². The summed E-state index contributed by atoms with van der Waals surface area (Å²) in [7, 11) is 0. The van der Waals surface area contributed by atoms with Gasteiger partial charge in [-0.05, 0) is 18.6 Å². The third kappa shape index (κ3) is 1.87. The van der Waals surface area contributed by atoms with Crippen molar-refractivity contribution in [3.8, 4) is 5.75 Å². The molecule has 1 N–H and O–H groups in total. The molecule has 0 atom stereocenters. The number of phenols is 1. The summed E-state index contributed by atoms with van der Waals surface area (Å²) in [5.41, 5.74) is 0.929. The van der Waals surface area contributed by atoms with E-state index in [1.165, 1.54) is 0 Å². The van der Waals surface area contributed by atoms with Crippen molar-refractivity contribution in [3.05, 3.63) is 24.3 Å². The fourth-order valence-electron chi connectivity index (χ4n) is 1.75. The summed E-state index contributed by atoms with van der Waals surface area (Å²) in [5.74, 6) is 0.528. The van der Waals surface area contributed by atoms with Crippen LogP contribution < -0.4 is 4.90 Å². The van der Waals surface area contributed by atoms with Gasteiger partial charge in [0.05, 0.1) is 6.54 Å². The molecule has 0 bridgehead atoms. The molecule has 3 nitrogen and oxygen atoms in total. The minimum Gasteiger partial charge on any atom is -0.508 e. The maximum Gasteiger partial charge on any atom is 0.152 e. The maximum absolute atomic E-state index is 11.2. The van der Waals surface area contributed by atoms with Gasteiger partial charge in [-0.15, -0.1) is 0 Å². The van der Waals surface area contributed by atoms with Crippen molar-refractivity contribution in [3.63, 3.8) is 0 Å². The monoisotopic (exact) mass is 191 g/mol. The molecule has 1 fully saturated rings. The summed E-state index contributed by atoms with van der Waals surface area (Å²) in [4.78, 5) is 13.2. The predicted octanol–water partition coefficient (Wildman–Crippen LogP) is 1.56. The number of rotatable bonds is 1. The maximum atomic E-state index is 11.2. The Kier molecular flexibility index (Phi) is 2.39. The van der Waals surface area contributed by atoms with E-state index in [0.29, 0.717) is 13.0 Å². The lowest BCUT2D eigenvalue weighted by atomic mass is 10.1. The molecule has 0 spiro atoms. The molecule has 2 rings (SSSR count). The Morgan fingerprint density at radius 1 is 1.36 bits per heavy atom. The van der Waals surface area contributed by atoms with Gasteiger partial charge in [-0.1, -0.05) is 6.07 Å². The van der Waals surface area contributed by atoms with Gasteiger partial charge in [-0.2, -0.15) is 0 Å². The number of ketones is 1. The second-order valence-electron chi connectivity index (χ2n) is 3.58. The van der Waals surface area contributed by atoms with E-state index in [4.69, 9.17) is 0 Å². The fraction of sp³-hybridized carbons (Fsp3) is 0.364. The lowest BCUT2D eigenvalue weighted by Gasteiger charge is -2.27. The number of hydrogen-bond acceptors (Lipinski definition) is 3. The summed E-state index contributed by atoms with van der Waals surface area (Å²) in [6.45, 7) is 1.37. The van der Waals surface area contributed by atoms with Crippen LogP contribution in [0.3, 0.4) is 0 Å². The average Bonchev–Trinajstić information content (AvgIpc) is 2.18. The predicted molar refractivity (Wildman–Crippen MR) is 54.6 cm³/mol. The Morgan fingerprint density at radius 2 is 2.21 bits per heavy atom. The second-order valence-corrected chi connectivity index (χ2v) is 3.58. The molecule has 0 unspecified atom stereocenters. The van der Waals surface area contributed by atoms with Gasteiger partial charge in [0.15, 0.2) is 5.78 Å². The minimum atomic E-state index is 0.250. The zero-order valence-corrected chi connectivity index (χ0v) is 7.94. The quantitative estimate of drug-likeness (QED) is 0.732. The zero-order chi connectivity index (χ0) is 9.97. The molecule has 0 radical (unpaired) electrons. The Balaban J connectivity index is 2.17. The average molecular weight is 191 g/mol. The summed E-state index contributed by atoms with van der Waals surface area (Å²) in [5, 5.41) is 9.30. The molecule has 1 saturated heterocycles. The first-order valence-corrected chi connectivity index (χ1v) is 4.81. The Labute approximate surface area is 83.0 Å². The number of benzene rings is 1.